The largest absolute Gasteiger partial charge is 0.328 e. The summed E-state index contributed by atoms with van der Waals surface area (Å²) in [5, 5.41) is 6.88. The van der Waals surface area contributed by atoms with Crippen LogP contribution in [0, 0.1) is 0 Å². The average molecular weight is 335 g/mol. The Morgan fingerprint density at radius 2 is 1.64 bits per heavy atom. The van der Waals surface area contributed by atoms with E-state index in [-0.39, 0.29) is 11.6 Å². The van der Waals surface area contributed by atoms with Crippen LogP contribution >= 0.6 is 23.2 Å². The van der Waals surface area contributed by atoms with Gasteiger partial charge in [0.05, 0.1) is 5.54 Å². The molecule has 0 heterocycles. The molecular weight excluding hydrogens is 319 g/mol. The Kier molecular flexibility index (Phi) is 4.27. The highest BCUT2D eigenvalue weighted by molar-refractivity contribution is 6.35. The van der Waals surface area contributed by atoms with Crippen molar-refractivity contribution in [2.24, 2.45) is 0 Å². The van der Waals surface area contributed by atoms with Crippen LogP contribution in [0.5, 0.6) is 0 Å². The zero-order valence-corrected chi connectivity index (χ0v) is 13.4. The van der Waals surface area contributed by atoms with Crippen molar-refractivity contribution in [2.75, 3.05) is 5.32 Å². The molecule has 0 saturated heterocycles. The molecule has 2 amide bonds. The van der Waals surface area contributed by atoms with Gasteiger partial charge >= 0.3 is 6.03 Å². The lowest BCUT2D eigenvalue weighted by Gasteiger charge is -2.43. The maximum atomic E-state index is 12.3. The smallest absolute Gasteiger partial charge is 0.319 e. The second-order valence-electron chi connectivity index (χ2n) is 5.54. The first-order valence-corrected chi connectivity index (χ1v) is 7.94. The molecule has 114 valence electrons. The standard InChI is InChI=1S/C17H16Cl2N2O/c18-13-9-14(19)11-15(10-13)20-16(22)21-17(7-4-8-17)12-5-2-1-3-6-12/h1-3,5-6,9-11H,4,7-8H2,(H2,20,21,22). The number of urea groups is 1. The molecule has 22 heavy (non-hydrogen) atoms. The van der Waals surface area contributed by atoms with E-state index in [1.807, 2.05) is 18.2 Å². The summed E-state index contributed by atoms with van der Waals surface area (Å²) in [4.78, 5) is 12.3. The molecule has 0 aromatic heterocycles. The molecule has 1 saturated carbocycles. The van der Waals surface area contributed by atoms with Crippen molar-refractivity contribution in [3.05, 3.63) is 64.1 Å². The summed E-state index contributed by atoms with van der Waals surface area (Å²) in [5.74, 6) is 0. The van der Waals surface area contributed by atoms with Gasteiger partial charge in [0.25, 0.3) is 0 Å². The molecule has 1 fully saturated rings. The minimum absolute atomic E-state index is 0.248. The first-order chi connectivity index (χ1) is 10.6. The van der Waals surface area contributed by atoms with Crippen molar-refractivity contribution in [1.82, 2.24) is 5.32 Å². The predicted molar refractivity (Wildman–Crippen MR) is 90.6 cm³/mol. The molecule has 2 aromatic carbocycles. The molecule has 0 aliphatic heterocycles. The van der Waals surface area contributed by atoms with Crippen LogP contribution in [-0.4, -0.2) is 6.03 Å². The fourth-order valence-electron chi connectivity index (χ4n) is 2.78. The van der Waals surface area contributed by atoms with Crippen molar-refractivity contribution < 1.29 is 4.79 Å². The van der Waals surface area contributed by atoms with Crippen LogP contribution in [0.2, 0.25) is 10.0 Å². The van der Waals surface area contributed by atoms with E-state index in [1.165, 1.54) is 0 Å². The van der Waals surface area contributed by atoms with E-state index in [9.17, 15) is 4.79 Å². The van der Waals surface area contributed by atoms with Crippen LogP contribution in [0.1, 0.15) is 24.8 Å². The van der Waals surface area contributed by atoms with Crippen molar-refractivity contribution in [2.45, 2.75) is 24.8 Å². The number of hydrogen-bond acceptors (Lipinski definition) is 1. The fraction of sp³-hybridized carbons (Fsp3) is 0.235. The fourth-order valence-corrected chi connectivity index (χ4v) is 3.31. The third-order valence-electron chi connectivity index (χ3n) is 4.01. The number of hydrogen-bond donors (Lipinski definition) is 2. The third kappa shape index (κ3) is 3.21. The molecule has 2 N–H and O–H groups in total. The van der Waals surface area contributed by atoms with E-state index in [2.05, 4.69) is 22.8 Å². The van der Waals surface area contributed by atoms with Gasteiger partial charge in [-0.2, -0.15) is 0 Å². The van der Waals surface area contributed by atoms with Gasteiger partial charge in [0, 0.05) is 15.7 Å². The molecule has 5 heteroatoms. The highest BCUT2D eigenvalue weighted by Crippen LogP contribution is 2.41. The summed E-state index contributed by atoms with van der Waals surface area (Å²) in [6.07, 6.45) is 3.00. The molecule has 0 radical (unpaired) electrons. The molecule has 0 atom stereocenters. The van der Waals surface area contributed by atoms with E-state index in [0.717, 1.165) is 24.8 Å². The number of benzene rings is 2. The van der Waals surface area contributed by atoms with E-state index < -0.39 is 0 Å². The van der Waals surface area contributed by atoms with Gasteiger partial charge in [-0.15, -0.1) is 0 Å². The Morgan fingerprint density at radius 3 is 2.18 bits per heavy atom. The van der Waals surface area contributed by atoms with Gasteiger partial charge in [0.1, 0.15) is 0 Å². The summed E-state index contributed by atoms with van der Waals surface area (Å²) < 4.78 is 0. The first kappa shape index (κ1) is 15.2. The van der Waals surface area contributed by atoms with E-state index >= 15 is 0 Å². The summed E-state index contributed by atoms with van der Waals surface area (Å²) in [7, 11) is 0. The number of rotatable bonds is 3. The van der Waals surface area contributed by atoms with Crippen LogP contribution in [0.3, 0.4) is 0 Å². The molecule has 3 rings (SSSR count). The first-order valence-electron chi connectivity index (χ1n) is 7.18. The highest BCUT2D eigenvalue weighted by Gasteiger charge is 2.39. The molecule has 0 unspecified atom stereocenters. The van der Waals surface area contributed by atoms with Crippen molar-refractivity contribution in [3.63, 3.8) is 0 Å². The lowest BCUT2D eigenvalue weighted by atomic mass is 9.72. The average Bonchev–Trinajstić information content (AvgIpc) is 2.42. The maximum absolute atomic E-state index is 12.3. The summed E-state index contributed by atoms with van der Waals surface area (Å²) in [5.41, 5.74) is 1.45. The molecule has 2 aromatic rings. The quantitative estimate of drug-likeness (QED) is 0.796. The molecule has 0 spiro atoms. The lowest BCUT2D eigenvalue weighted by Crippen LogP contribution is -2.52. The van der Waals surface area contributed by atoms with Crippen LogP contribution in [0.15, 0.2) is 48.5 Å². The zero-order chi connectivity index (χ0) is 15.6. The van der Waals surface area contributed by atoms with Gasteiger partial charge in [-0.3, -0.25) is 0 Å². The van der Waals surface area contributed by atoms with E-state index in [0.29, 0.717) is 15.7 Å². The molecule has 1 aliphatic rings. The van der Waals surface area contributed by atoms with Gasteiger partial charge < -0.3 is 10.6 Å². The normalized spacial score (nSPS) is 15.7. The van der Waals surface area contributed by atoms with Gasteiger partial charge in [0.2, 0.25) is 0 Å². The molecular formula is C17H16Cl2N2O. The van der Waals surface area contributed by atoms with Gasteiger partial charge in [-0.25, -0.2) is 4.79 Å². The number of carbonyl (C=O) groups is 1. The van der Waals surface area contributed by atoms with Crippen molar-refractivity contribution >= 4 is 34.9 Å². The Bertz CT molecular complexity index is 664. The van der Waals surface area contributed by atoms with Crippen molar-refractivity contribution in [1.29, 1.82) is 0 Å². The van der Waals surface area contributed by atoms with Gasteiger partial charge in [0.15, 0.2) is 0 Å². The van der Waals surface area contributed by atoms with Gasteiger partial charge in [-0.1, -0.05) is 53.5 Å². The second kappa shape index (κ2) is 6.19. The topological polar surface area (TPSA) is 41.1 Å². The minimum Gasteiger partial charge on any atom is -0.328 e. The predicted octanol–water partition coefficient (Wildman–Crippen LogP) is 5.19. The summed E-state index contributed by atoms with van der Waals surface area (Å²) >= 11 is 11.9. The number of anilines is 1. The number of nitrogens with one attached hydrogen (secondary N) is 2. The van der Waals surface area contributed by atoms with Crippen LogP contribution < -0.4 is 10.6 Å². The lowest BCUT2D eigenvalue weighted by molar-refractivity contribution is 0.185. The molecule has 1 aliphatic carbocycles. The Balaban J connectivity index is 1.73. The summed E-state index contributed by atoms with van der Waals surface area (Å²) in [6.45, 7) is 0. The highest BCUT2D eigenvalue weighted by atomic mass is 35.5. The zero-order valence-electron chi connectivity index (χ0n) is 11.9. The minimum atomic E-state index is -0.270. The number of carbonyl (C=O) groups excluding carboxylic acids is 1. The monoisotopic (exact) mass is 334 g/mol. The Labute approximate surface area is 139 Å². The van der Waals surface area contributed by atoms with Crippen LogP contribution in [0.4, 0.5) is 10.5 Å². The second-order valence-corrected chi connectivity index (χ2v) is 6.41. The van der Waals surface area contributed by atoms with E-state index in [1.54, 1.807) is 18.2 Å². The van der Waals surface area contributed by atoms with Crippen molar-refractivity contribution in [3.8, 4) is 0 Å². The number of halogens is 2. The SMILES string of the molecule is O=C(Nc1cc(Cl)cc(Cl)c1)NC1(c2ccccc2)CCC1. The van der Waals surface area contributed by atoms with Crippen LogP contribution in [-0.2, 0) is 5.54 Å². The third-order valence-corrected chi connectivity index (χ3v) is 4.44. The van der Waals surface area contributed by atoms with Gasteiger partial charge in [-0.05, 0) is 43.0 Å². The summed E-state index contributed by atoms with van der Waals surface area (Å²) in [6, 6.07) is 14.8. The maximum Gasteiger partial charge on any atom is 0.319 e. The molecule has 3 nitrogen and oxygen atoms in total. The van der Waals surface area contributed by atoms with E-state index in [4.69, 9.17) is 23.2 Å². The Morgan fingerprint density at radius 1 is 1.00 bits per heavy atom. The van der Waals surface area contributed by atoms with Crippen LogP contribution in [0.25, 0.3) is 0 Å². The number of amides is 2. The molecule has 0 bridgehead atoms. The Hall–Kier alpha value is -1.71.